The van der Waals surface area contributed by atoms with E-state index in [4.69, 9.17) is 0 Å². The van der Waals surface area contributed by atoms with Crippen LogP contribution in [0.25, 0.3) is 0 Å². The first kappa shape index (κ1) is 10.5. The molecule has 1 unspecified atom stereocenters. The maximum absolute atomic E-state index is 11.0. The summed E-state index contributed by atoms with van der Waals surface area (Å²) in [5.41, 5.74) is 0.382. The standard InChI is InChI=1S/C10H19NO2/c1-10(2)5-4-8(11-7-10)6-9(12)13-3/h8,11H,4-7H2,1-3H3. The lowest BCUT2D eigenvalue weighted by Gasteiger charge is -2.34. The zero-order valence-electron chi connectivity index (χ0n) is 8.72. The lowest BCUT2D eigenvalue weighted by Crippen LogP contribution is -2.44. The van der Waals surface area contributed by atoms with Crippen LogP contribution in [0.1, 0.15) is 33.1 Å². The second-order valence-corrected chi connectivity index (χ2v) is 4.56. The molecule has 0 saturated carbocycles. The van der Waals surface area contributed by atoms with Gasteiger partial charge in [0.05, 0.1) is 13.5 Å². The molecule has 0 bridgehead atoms. The number of carbonyl (C=O) groups excluding carboxylic acids is 1. The van der Waals surface area contributed by atoms with Crippen molar-refractivity contribution in [3.05, 3.63) is 0 Å². The molecule has 1 N–H and O–H groups in total. The molecule has 0 amide bonds. The van der Waals surface area contributed by atoms with Gasteiger partial charge >= 0.3 is 5.97 Å². The molecule has 1 atom stereocenters. The summed E-state index contributed by atoms with van der Waals surface area (Å²) in [4.78, 5) is 11.0. The van der Waals surface area contributed by atoms with Crippen molar-refractivity contribution < 1.29 is 9.53 Å². The summed E-state index contributed by atoms with van der Waals surface area (Å²) in [5.74, 6) is -0.114. The van der Waals surface area contributed by atoms with E-state index in [9.17, 15) is 4.79 Å². The minimum atomic E-state index is -0.114. The summed E-state index contributed by atoms with van der Waals surface area (Å²) >= 11 is 0. The highest BCUT2D eigenvalue weighted by Gasteiger charge is 2.27. The van der Waals surface area contributed by atoms with Gasteiger partial charge in [0.25, 0.3) is 0 Å². The number of esters is 1. The van der Waals surface area contributed by atoms with Gasteiger partial charge in [0.2, 0.25) is 0 Å². The zero-order valence-corrected chi connectivity index (χ0v) is 8.72. The molecular formula is C10H19NO2. The van der Waals surface area contributed by atoms with Crippen LogP contribution in [0.5, 0.6) is 0 Å². The van der Waals surface area contributed by atoms with Crippen LogP contribution in [0.4, 0.5) is 0 Å². The van der Waals surface area contributed by atoms with Gasteiger partial charge < -0.3 is 10.1 Å². The molecule has 0 aliphatic carbocycles. The lowest BCUT2D eigenvalue weighted by atomic mass is 9.82. The molecule has 0 radical (unpaired) electrons. The van der Waals surface area contributed by atoms with Gasteiger partial charge in [0, 0.05) is 12.6 Å². The number of ether oxygens (including phenoxy) is 1. The first-order valence-corrected chi connectivity index (χ1v) is 4.84. The summed E-state index contributed by atoms with van der Waals surface area (Å²) in [5, 5.41) is 3.37. The van der Waals surface area contributed by atoms with Crippen molar-refractivity contribution in [3.8, 4) is 0 Å². The number of piperidine rings is 1. The van der Waals surface area contributed by atoms with Crippen LogP contribution in [0.3, 0.4) is 0 Å². The third-order valence-electron chi connectivity index (χ3n) is 2.68. The number of nitrogens with one attached hydrogen (secondary N) is 1. The van der Waals surface area contributed by atoms with Crippen molar-refractivity contribution in [1.82, 2.24) is 5.32 Å². The highest BCUT2D eigenvalue weighted by Crippen LogP contribution is 2.27. The number of hydrogen-bond acceptors (Lipinski definition) is 3. The van der Waals surface area contributed by atoms with Crippen molar-refractivity contribution in [1.29, 1.82) is 0 Å². The van der Waals surface area contributed by atoms with Gasteiger partial charge in [-0.25, -0.2) is 0 Å². The maximum Gasteiger partial charge on any atom is 0.307 e. The van der Waals surface area contributed by atoms with Gasteiger partial charge in [-0.2, -0.15) is 0 Å². The summed E-state index contributed by atoms with van der Waals surface area (Å²) in [7, 11) is 1.44. The minimum absolute atomic E-state index is 0.114. The van der Waals surface area contributed by atoms with E-state index in [-0.39, 0.29) is 5.97 Å². The molecule has 1 rings (SSSR count). The number of methoxy groups -OCH3 is 1. The highest BCUT2D eigenvalue weighted by molar-refractivity contribution is 5.69. The maximum atomic E-state index is 11.0. The molecule has 3 heteroatoms. The van der Waals surface area contributed by atoms with Crippen molar-refractivity contribution in [2.75, 3.05) is 13.7 Å². The summed E-state index contributed by atoms with van der Waals surface area (Å²) in [6.07, 6.45) is 2.76. The van der Waals surface area contributed by atoms with Crippen LogP contribution in [0.15, 0.2) is 0 Å². The number of carbonyl (C=O) groups is 1. The summed E-state index contributed by atoms with van der Waals surface area (Å²) < 4.78 is 4.63. The smallest absolute Gasteiger partial charge is 0.307 e. The van der Waals surface area contributed by atoms with Crippen molar-refractivity contribution >= 4 is 5.97 Å². The molecule has 3 nitrogen and oxygen atoms in total. The second-order valence-electron chi connectivity index (χ2n) is 4.56. The SMILES string of the molecule is COC(=O)CC1CCC(C)(C)CN1. The lowest BCUT2D eigenvalue weighted by molar-refractivity contribution is -0.141. The fourth-order valence-corrected chi connectivity index (χ4v) is 1.63. The molecule has 1 aliphatic heterocycles. The first-order valence-electron chi connectivity index (χ1n) is 4.84. The predicted octanol–water partition coefficient (Wildman–Crippen LogP) is 1.33. The Balaban J connectivity index is 2.29. The topological polar surface area (TPSA) is 38.3 Å². The monoisotopic (exact) mass is 185 g/mol. The quantitative estimate of drug-likeness (QED) is 0.659. The van der Waals surface area contributed by atoms with E-state index >= 15 is 0 Å². The largest absolute Gasteiger partial charge is 0.469 e. The third kappa shape index (κ3) is 3.35. The Morgan fingerprint density at radius 2 is 2.31 bits per heavy atom. The summed E-state index contributed by atoms with van der Waals surface area (Å²) in [6.45, 7) is 5.48. The highest BCUT2D eigenvalue weighted by atomic mass is 16.5. The fraction of sp³-hybridized carbons (Fsp3) is 0.900. The van der Waals surface area contributed by atoms with E-state index in [0.717, 1.165) is 13.0 Å². The van der Waals surface area contributed by atoms with Gasteiger partial charge in [-0.3, -0.25) is 4.79 Å². The van der Waals surface area contributed by atoms with Crippen LogP contribution in [0, 0.1) is 5.41 Å². The van der Waals surface area contributed by atoms with Gasteiger partial charge in [0.15, 0.2) is 0 Å². The average molecular weight is 185 g/mol. The molecule has 0 aromatic rings. The van der Waals surface area contributed by atoms with Crippen LogP contribution >= 0.6 is 0 Å². The first-order chi connectivity index (χ1) is 6.03. The normalized spacial score (nSPS) is 26.8. The molecule has 0 aromatic heterocycles. The van der Waals surface area contributed by atoms with E-state index in [1.54, 1.807) is 0 Å². The Kier molecular flexibility index (Phi) is 3.31. The Morgan fingerprint density at radius 3 is 2.77 bits per heavy atom. The Hall–Kier alpha value is -0.570. The average Bonchev–Trinajstić information content (AvgIpc) is 2.08. The van der Waals surface area contributed by atoms with Gasteiger partial charge in [0.1, 0.15) is 0 Å². The molecule has 1 aliphatic rings. The molecule has 1 saturated heterocycles. The van der Waals surface area contributed by atoms with Crippen LogP contribution in [-0.4, -0.2) is 25.7 Å². The number of hydrogen-bond donors (Lipinski definition) is 1. The Bertz CT molecular complexity index is 179. The van der Waals surface area contributed by atoms with Gasteiger partial charge in [-0.05, 0) is 18.3 Å². The van der Waals surface area contributed by atoms with Crippen molar-refractivity contribution in [2.45, 2.75) is 39.2 Å². The van der Waals surface area contributed by atoms with Crippen molar-refractivity contribution in [2.24, 2.45) is 5.41 Å². The van der Waals surface area contributed by atoms with E-state index in [1.165, 1.54) is 13.5 Å². The molecule has 0 spiro atoms. The van der Waals surface area contributed by atoms with Crippen molar-refractivity contribution in [3.63, 3.8) is 0 Å². The molecule has 1 heterocycles. The van der Waals surface area contributed by atoms with E-state index in [1.807, 2.05) is 0 Å². The molecule has 1 fully saturated rings. The van der Waals surface area contributed by atoms with Crippen LogP contribution in [0.2, 0.25) is 0 Å². The number of rotatable bonds is 2. The Morgan fingerprint density at radius 1 is 1.62 bits per heavy atom. The third-order valence-corrected chi connectivity index (χ3v) is 2.68. The van der Waals surface area contributed by atoms with E-state index < -0.39 is 0 Å². The minimum Gasteiger partial charge on any atom is -0.469 e. The zero-order chi connectivity index (χ0) is 9.90. The van der Waals surface area contributed by atoms with Gasteiger partial charge in [-0.15, -0.1) is 0 Å². The molecule has 13 heavy (non-hydrogen) atoms. The molecular weight excluding hydrogens is 166 g/mol. The fourth-order valence-electron chi connectivity index (χ4n) is 1.63. The van der Waals surface area contributed by atoms with Crippen LogP contribution < -0.4 is 5.32 Å². The summed E-state index contributed by atoms with van der Waals surface area (Å²) in [6, 6.07) is 0.320. The Labute approximate surface area is 79.8 Å². The second kappa shape index (κ2) is 4.09. The molecule has 76 valence electrons. The predicted molar refractivity (Wildman–Crippen MR) is 51.4 cm³/mol. The molecule has 0 aromatic carbocycles. The van der Waals surface area contributed by atoms with E-state index in [2.05, 4.69) is 23.9 Å². The van der Waals surface area contributed by atoms with E-state index in [0.29, 0.717) is 17.9 Å². The van der Waals surface area contributed by atoms with Gasteiger partial charge in [-0.1, -0.05) is 13.8 Å². The van der Waals surface area contributed by atoms with Crippen LogP contribution in [-0.2, 0) is 9.53 Å².